The molecule has 0 bridgehead atoms. The fraction of sp³-hybridized carbons (Fsp3) is 0.222. The van der Waals surface area contributed by atoms with Crippen molar-refractivity contribution in [2.24, 2.45) is 0 Å². The maximum absolute atomic E-state index is 11.5. The first-order valence-electron chi connectivity index (χ1n) is 4.09. The maximum Gasteiger partial charge on any atom is 0.260 e. The lowest BCUT2D eigenvalue weighted by Crippen LogP contribution is -2.13. The molecule has 14 heavy (non-hydrogen) atoms. The lowest BCUT2D eigenvalue weighted by Gasteiger charge is -1.93. The highest BCUT2D eigenvalue weighted by atomic mass is 32.1. The predicted octanol–water partition coefficient (Wildman–Crippen LogP) is 1.50. The smallest absolute Gasteiger partial charge is 0.260 e. The lowest BCUT2D eigenvalue weighted by molar-refractivity contribution is 0.100. The van der Waals surface area contributed by atoms with Gasteiger partial charge >= 0.3 is 0 Å². The molecule has 0 amide bonds. The van der Waals surface area contributed by atoms with E-state index in [2.05, 4.69) is 9.97 Å². The zero-order valence-corrected chi connectivity index (χ0v) is 8.57. The van der Waals surface area contributed by atoms with Gasteiger partial charge in [0.25, 0.3) is 5.56 Å². The Labute approximate surface area is 83.6 Å². The molecule has 1 N–H and O–H groups in total. The van der Waals surface area contributed by atoms with Crippen LogP contribution in [0.4, 0.5) is 0 Å². The lowest BCUT2D eigenvalue weighted by atomic mass is 10.3. The van der Waals surface area contributed by atoms with Crippen LogP contribution in [-0.4, -0.2) is 15.8 Å². The van der Waals surface area contributed by atoms with E-state index in [4.69, 9.17) is 0 Å². The van der Waals surface area contributed by atoms with E-state index in [1.807, 2.05) is 6.92 Å². The van der Waals surface area contributed by atoms with Crippen molar-refractivity contribution in [2.75, 3.05) is 0 Å². The summed E-state index contributed by atoms with van der Waals surface area (Å²) in [6, 6.07) is 1.77. The summed E-state index contributed by atoms with van der Waals surface area (Å²) >= 11 is 1.41. The quantitative estimate of drug-likeness (QED) is 0.722. The number of fused-ring (bicyclic) bond motifs is 1. The number of nitrogens with zero attached hydrogens (tertiary/aromatic N) is 1. The van der Waals surface area contributed by atoms with E-state index in [1.54, 1.807) is 6.07 Å². The molecule has 0 radical (unpaired) electrons. The Hall–Kier alpha value is -1.49. The molecule has 2 rings (SSSR count). The van der Waals surface area contributed by atoms with Crippen molar-refractivity contribution in [1.29, 1.82) is 0 Å². The van der Waals surface area contributed by atoms with Gasteiger partial charge in [0.05, 0.1) is 5.39 Å². The summed E-state index contributed by atoms with van der Waals surface area (Å²) in [6.07, 6.45) is 0. The van der Waals surface area contributed by atoms with Gasteiger partial charge in [0, 0.05) is 11.8 Å². The number of Topliss-reactive ketones (excluding diaryl/α,β-unsaturated/α-hetero) is 1. The average Bonchev–Trinajstić information content (AvgIpc) is 2.45. The number of thiophene rings is 1. The number of aromatic amines is 1. The molecule has 0 atom stereocenters. The summed E-state index contributed by atoms with van der Waals surface area (Å²) in [7, 11) is 0. The number of aryl methyl sites for hydroxylation is 1. The Kier molecular flexibility index (Phi) is 1.96. The van der Waals surface area contributed by atoms with Crippen LogP contribution in [-0.2, 0) is 0 Å². The predicted molar refractivity (Wildman–Crippen MR) is 55.0 cm³/mol. The average molecular weight is 208 g/mol. The molecular weight excluding hydrogens is 200 g/mol. The molecule has 0 saturated heterocycles. The van der Waals surface area contributed by atoms with Crippen molar-refractivity contribution in [2.45, 2.75) is 13.8 Å². The van der Waals surface area contributed by atoms with Crippen LogP contribution < -0.4 is 5.56 Å². The third-order valence-electron chi connectivity index (χ3n) is 1.86. The van der Waals surface area contributed by atoms with E-state index in [0.29, 0.717) is 10.2 Å². The van der Waals surface area contributed by atoms with Crippen LogP contribution in [0.2, 0.25) is 0 Å². The van der Waals surface area contributed by atoms with Gasteiger partial charge in [-0.2, -0.15) is 0 Å². The van der Waals surface area contributed by atoms with Crippen molar-refractivity contribution in [3.8, 4) is 0 Å². The van der Waals surface area contributed by atoms with Gasteiger partial charge in [-0.25, -0.2) is 4.98 Å². The van der Waals surface area contributed by atoms with E-state index < -0.39 is 0 Å². The number of hydrogen-bond donors (Lipinski definition) is 1. The number of aromatic nitrogens is 2. The van der Waals surface area contributed by atoms with Crippen molar-refractivity contribution >= 4 is 27.3 Å². The summed E-state index contributed by atoms with van der Waals surface area (Å²) in [6.45, 7) is 3.28. The molecule has 0 aliphatic carbocycles. The highest BCUT2D eigenvalue weighted by molar-refractivity contribution is 7.18. The number of hydrogen-bond acceptors (Lipinski definition) is 4. The summed E-state index contributed by atoms with van der Waals surface area (Å²) in [5.41, 5.74) is -0.246. The standard InChI is InChI=1S/C9H8N2O2S/c1-4-3-6-8(13)10-7(5(2)12)11-9(6)14-4/h3H,1-2H3,(H,10,11,13). The fourth-order valence-corrected chi connectivity index (χ4v) is 2.10. The molecule has 0 aromatic carbocycles. The largest absolute Gasteiger partial charge is 0.303 e. The van der Waals surface area contributed by atoms with Crippen LogP contribution >= 0.6 is 11.3 Å². The Morgan fingerprint density at radius 1 is 1.57 bits per heavy atom. The van der Waals surface area contributed by atoms with Crippen LogP contribution in [0.25, 0.3) is 10.2 Å². The van der Waals surface area contributed by atoms with Gasteiger partial charge < -0.3 is 4.98 Å². The molecular formula is C9H8N2O2S. The molecule has 72 valence electrons. The van der Waals surface area contributed by atoms with Gasteiger partial charge in [-0.05, 0) is 13.0 Å². The second-order valence-electron chi connectivity index (χ2n) is 3.05. The molecule has 2 heterocycles. The molecule has 5 heteroatoms. The topological polar surface area (TPSA) is 62.8 Å². The molecule has 0 aliphatic rings. The third-order valence-corrected chi connectivity index (χ3v) is 2.80. The van der Waals surface area contributed by atoms with Crippen molar-refractivity contribution < 1.29 is 4.79 Å². The van der Waals surface area contributed by atoms with Gasteiger partial charge in [-0.15, -0.1) is 11.3 Å². The molecule has 4 nitrogen and oxygen atoms in total. The number of ketones is 1. The van der Waals surface area contributed by atoms with Gasteiger partial charge in [-0.1, -0.05) is 0 Å². The van der Waals surface area contributed by atoms with Gasteiger partial charge in [-0.3, -0.25) is 9.59 Å². The minimum absolute atomic E-state index is 0.129. The summed E-state index contributed by atoms with van der Waals surface area (Å²) in [4.78, 5) is 30.7. The van der Waals surface area contributed by atoms with E-state index in [9.17, 15) is 9.59 Å². The fourth-order valence-electron chi connectivity index (χ4n) is 1.22. The molecule has 2 aromatic heterocycles. The molecule has 0 spiro atoms. The second kappa shape index (κ2) is 3.02. The summed E-state index contributed by atoms with van der Waals surface area (Å²) in [5, 5.41) is 0.553. The van der Waals surface area contributed by atoms with Crippen molar-refractivity contribution in [1.82, 2.24) is 9.97 Å². The molecule has 0 aliphatic heterocycles. The summed E-state index contributed by atoms with van der Waals surface area (Å²) < 4.78 is 0. The van der Waals surface area contributed by atoms with Gasteiger partial charge in [0.2, 0.25) is 0 Å². The van der Waals surface area contributed by atoms with Crippen molar-refractivity contribution in [3.63, 3.8) is 0 Å². The minimum atomic E-state index is -0.246. The normalized spacial score (nSPS) is 10.7. The maximum atomic E-state index is 11.5. The minimum Gasteiger partial charge on any atom is -0.303 e. The van der Waals surface area contributed by atoms with Gasteiger partial charge in [0.15, 0.2) is 11.6 Å². The van der Waals surface area contributed by atoms with E-state index >= 15 is 0 Å². The highest BCUT2D eigenvalue weighted by Crippen LogP contribution is 2.19. The van der Waals surface area contributed by atoms with Crippen LogP contribution in [0.15, 0.2) is 10.9 Å². The zero-order valence-electron chi connectivity index (χ0n) is 7.75. The van der Waals surface area contributed by atoms with Gasteiger partial charge in [0.1, 0.15) is 4.83 Å². The molecule has 2 aromatic rings. The molecule has 0 saturated carbocycles. The number of H-pyrrole nitrogens is 1. The number of nitrogens with one attached hydrogen (secondary N) is 1. The van der Waals surface area contributed by atoms with Crippen LogP contribution in [0.5, 0.6) is 0 Å². The van der Waals surface area contributed by atoms with Crippen LogP contribution in [0, 0.1) is 6.92 Å². The number of carbonyl (C=O) groups excluding carboxylic acids is 1. The Bertz CT molecular complexity index is 568. The molecule has 0 fully saturated rings. The highest BCUT2D eigenvalue weighted by Gasteiger charge is 2.08. The first-order valence-corrected chi connectivity index (χ1v) is 4.91. The van der Waals surface area contributed by atoms with E-state index in [1.165, 1.54) is 18.3 Å². The first-order chi connectivity index (χ1) is 6.58. The van der Waals surface area contributed by atoms with E-state index in [-0.39, 0.29) is 17.2 Å². The SMILES string of the molecule is CC(=O)c1nc2sc(C)cc2c(=O)[nH]1. The van der Waals surface area contributed by atoms with Crippen LogP contribution in [0.3, 0.4) is 0 Å². The first kappa shape index (κ1) is 9.08. The second-order valence-corrected chi connectivity index (χ2v) is 4.28. The Morgan fingerprint density at radius 3 is 2.93 bits per heavy atom. The monoisotopic (exact) mass is 208 g/mol. The summed E-state index contributed by atoms with van der Waals surface area (Å²) in [5.74, 6) is -0.0978. The number of carbonyl (C=O) groups is 1. The molecule has 0 unspecified atom stereocenters. The van der Waals surface area contributed by atoms with Crippen LogP contribution in [0.1, 0.15) is 22.4 Å². The van der Waals surface area contributed by atoms with E-state index in [0.717, 1.165) is 4.88 Å². The Balaban J connectivity index is 2.84. The Morgan fingerprint density at radius 2 is 2.29 bits per heavy atom. The zero-order chi connectivity index (χ0) is 10.3. The third kappa shape index (κ3) is 1.35. The number of rotatable bonds is 1. The van der Waals surface area contributed by atoms with Crippen molar-refractivity contribution in [3.05, 3.63) is 27.1 Å².